The molecule has 1 unspecified atom stereocenters. The molecule has 1 saturated heterocycles. The van der Waals surface area contributed by atoms with Gasteiger partial charge < -0.3 is 15.0 Å². The zero-order chi connectivity index (χ0) is 24.2. The Morgan fingerprint density at radius 3 is 2.53 bits per heavy atom. The van der Waals surface area contributed by atoms with Crippen molar-refractivity contribution in [3.8, 4) is 0 Å². The summed E-state index contributed by atoms with van der Waals surface area (Å²) >= 11 is 0. The summed E-state index contributed by atoms with van der Waals surface area (Å²) in [5.41, 5.74) is 3.02. The molecule has 0 radical (unpaired) electrons. The van der Waals surface area contributed by atoms with Crippen molar-refractivity contribution >= 4 is 17.9 Å². The van der Waals surface area contributed by atoms with Crippen LogP contribution in [-0.4, -0.2) is 79.0 Å². The van der Waals surface area contributed by atoms with Crippen molar-refractivity contribution in [2.45, 2.75) is 45.6 Å². The fourth-order valence-electron chi connectivity index (χ4n) is 5.02. The Bertz CT molecular complexity index is 971. The van der Waals surface area contributed by atoms with Gasteiger partial charge in [-0.2, -0.15) is 0 Å². The molecule has 0 aromatic heterocycles. The van der Waals surface area contributed by atoms with Crippen molar-refractivity contribution in [1.29, 1.82) is 0 Å². The summed E-state index contributed by atoms with van der Waals surface area (Å²) in [6.45, 7) is 7.42. The molecule has 34 heavy (non-hydrogen) atoms. The number of hydrogen-bond donors (Lipinski definition) is 1. The number of hydrogen-bond acceptors (Lipinski definition) is 5. The summed E-state index contributed by atoms with van der Waals surface area (Å²) in [6, 6.07) is 6.97. The van der Waals surface area contributed by atoms with E-state index in [9.17, 15) is 14.4 Å². The van der Waals surface area contributed by atoms with Gasteiger partial charge >= 0.3 is 12.0 Å². The van der Waals surface area contributed by atoms with Crippen LogP contribution < -0.4 is 5.32 Å². The maximum Gasteiger partial charge on any atom is 0.338 e. The molecule has 8 heteroatoms. The number of esters is 1. The van der Waals surface area contributed by atoms with Gasteiger partial charge in [0.05, 0.1) is 18.2 Å². The van der Waals surface area contributed by atoms with Gasteiger partial charge in [-0.15, -0.1) is 0 Å². The van der Waals surface area contributed by atoms with Gasteiger partial charge in [-0.3, -0.25) is 14.6 Å². The summed E-state index contributed by atoms with van der Waals surface area (Å²) in [4.78, 5) is 44.7. The van der Waals surface area contributed by atoms with Crippen molar-refractivity contribution in [2.75, 3.05) is 46.4 Å². The Labute approximate surface area is 201 Å². The Hall–Kier alpha value is -2.87. The first-order valence-electron chi connectivity index (χ1n) is 12.4. The van der Waals surface area contributed by atoms with E-state index in [1.165, 1.54) is 4.90 Å². The lowest BCUT2D eigenvalue weighted by Gasteiger charge is -2.37. The predicted octanol–water partition coefficient (Wildman–Crippen LogP) is 2.84. The Morgan fingerprint density at radius 1 is 1.09 bits per heavy atom. The Morgan fingerprint density at radius 2 is 1.85 bits per heavy atom. The number of amides is 3. The fraction of sp³-hybridized carbons (Fsp3) is 0.577. The van der Waals surface area contributed by atoms with Crippen LogP contribution in [0.15, 0.2) is 35.5 Å². The molecule has 0 spiro atoms. The average Bonchev–Trinajstić information content (AvgIpc) is 3.01. The van der Waals surface area contributed by atoms with E-state index in [1.807, 2.05) is 36.1 Å². The highest BCUT2D eigenvalue weighted by Crippen LogP contribution is 2.33. The van der Waals surface area contributed by atoms with E-state index in [1.54, 1.807) is 14.0 Å². The maximum atomic E-state index is 13.2. The minimum atomic E-state index is -0.567. The number of urea groups is 1. The molecule has 184 valence electrons. The van der Waals surface area contributed by atoms with E-state index in [4.69, 9.17) is 4.74 Å². The number of rotatable bonds is 6. The van der Waals surface area contributed by atoms with E-state index in [-0.39, 0.29) is 24.5 Å². The third kappa shape index (κ3) is 4.97. The molecule has 0 bridgehead atoms. The molecule has 1 N–H and O–H groups in total. The molecule has 1 saturated carbocycles. The molecule has 8 nitrogen and oxygen atoms in total. The monoisotopic (exact) mass is 468 g/mol. The highest BCUT2D eigenvalue weighted by Gasteiger charge is 2.38. The van der Waals surface area contributed by atoms with Crippen LogP contribution in [0.1, 0.15) is 49.8 Å². The molecule has 1 atom stereocenters. The fourth-order valence-corrected chi connectivity index (χ4v) is 5.02. The average molecular weight is 469 g/mol. The van der Waals surface area contributed by atoms with Crippen LogP contribution >= 0.6 is 0 Å². The summed E-state index contributed by atoms with van der Waals surface area (Å²) in [6.07, 6.45) is 4.04. The largest absolute Gasteiger partial charge is 0.463 e. The van der Waals surface area contributed by atoms with E-state index in [0.717, 1.165) is 49.9 Å². The van der Waals surface area contributed by atoms with Crippen LogP contribution in [0.2, 0.25) is 0 Å². The van der Waals surface area contributed by atoms with Crippen LogP contribution in [0.4, 0.5) is 4.79 Å². The first-order chi connectivity index (χ1) is 16.4. The lowest BCUT2D eigenvalue weighted by Crippen LogP contribution is -2.49. The molecule has 2 fully saturated rings. The van der Waals surface area contributed by atoms with E-state index >= 15 is 0 Å². The number of aryl methyl sites for hydroxylation is 1. The second-order valence-electron chi connectivity index (χ2n) is 9.46. The molecule has 1 aliphatic carbocycles. The number of ether oxygens (including phenoxy) is 1. The summed E-state index contributed by atoms with van der Waals surface area (Å²) in [7, 11) is 1.70. The third-order valence-corrected chi connectivity index (χ3v) is 7.30. The van der Waals surface area contributed by atoms with Gasteiger partial charge in [0.25, 0.3) is 0 Å². The highest BCUT2D eigenvalue weighted by atomic mass is 16.5. The van der Waals surface area contributed by atoms with Crippen LogP contribution in [0, 0.1) is 12.8 Å². The van der Waals surface area contributed by atoms with Gasteiger partial charge in [0, 0.05) is 51.4 Å². The van der Waals surface area contributed by atoms with Crippen LogP contribution in [-0.2, 0) is 14.3 Å². The maximum absolute atomic E-state index is 13.2. The number of nitrogens with zero attached hydrogens (tertiary/aromatic N) is 3. The molecule has 3 aliphatic rings. The third-order valence-electron chi connectivity index (χ3n) is 7.30. The van der Waals surface area contributed by atoms with Crippen LogP contribution in [0.5, 0.6) is 0 Å². The minimum Gasteiger partial charge on any atom is -0.463 e. The van der Waals surface area contributed by atoms with Gasteiger partial charge in [0.15, 0.2) is 0 Å². The first kappa shape index (κ1) is 24.3. The second kappa shape index (κ2) is 10.6. The first-order valence-corrected chi connectivity index (χ1v) is 12.4. The topological polar surface area (TPSA) is 82.2 Å². The van der Waals surface area contributed by atoms with Gasteiger partial charge in [-0.1, -0.05) is 30.7 Å². The lowest BCUT2D eigenvalue weighted by molar-refractivity contribution is -0.139. The predicted molar refractivity (Wildman–Crippen MR) is 129 cm³/mol. The van der Waals surface area contributed by atoms with Crippen molar-refractivity contribution < 1.29 is 19.1 Å². The molecule has 1 aromatic carbocycles. The summed E-state index contributed by atoms with van der Waals surface area (Å²) < 4.78 is 5.45. The number of carbonyl (C=O) groups is 3. The van der Waals surface area contributed by atoms with E-state index < -0.39 is 12.0 Å². The van der Waals surface area contributed by atoms with Crippen LogP contribution in [0.25, 0.3) is 0 Å². The molecular formula is C26H36N4O4. The minimum absolute atomic E-state index is 0.202. The van der Waals surface area contributed by atoms with Crippen LogP contribution in [0.3, 0.4) is 0 Å². The Balaban J connectivity index is 1.61. The van der Waals surface area contributed by atoms with Gasteiger partial charge in [-0.25, -0.2) is 9.59 Å². The quantitative estimate of drug-likeness (QED) is 0.650. The zero-order valence-electron chi connectivity index (χ0n) is 20.5. The number of likely N-dealkylation sites (N-methyl/N-ethyl adjacent to an activating group) is 1. The van der Waals surface area contributed by atoms with Gasteiger partial charge in [0.1, 0.15) is 0 Å². The van der Waals surface area contributed by atoms with Crippen molar-refractivity contribution in [2.24, 2.45) is 5.92 Å². The number of benzene rings is 1. The molecule has 2 heterocycles. The lowest BCUT2D eigenvalue weighted by atomic mass is 9.84. The van der Waals surface area contributed by atoms with Gasteiger partial charge in [-0.05, 0) is 44.2 Å². The highest BCUT2D eigenvalue weighted by molar-refractivity contribution is 5.95. The normalized spacial score (nSPS) is 22.2. The van der Waals surface area contributed by atoms with Crippen molar-refractivity contribution in [1.82, 2.24) is 20.0 Å². The smallest absolute Gasteiger partial charge is 0.338 e. The molecular weight excluding hydrogens is 432 g/mol. The van der Waals surface area contributed by atoms with Crippen molar-refractivity contribution in [3.05, 3.63) is 46.7 Å². The van der Waals surface area contributed by atoms with Crippen molar-refractivity contribution in [3.63, 3.8) is 0 Å². The molecule has 2 aliphatic heterocycles. The molecule has 4 rings (SSSR count). The SMILES string of the molecule is CCOC(=O)C1=C(CN2CCCN(C(=O)C3CCC3)CC2)N(C)C(=O)NC1c1ccccc1C. The standard InChI is InChI=1S/C26H36N4O4/c1-4-34-25(32)22-21(28(3)26(33)27-23(22)20-12-6-5-9-18(20)2)17-29-13-8-14-30(16-15-29)24(31)19-10-7-11-19/h5-6,9,12,19,23H,4,7-8,10-11,13-17H2,1-3H3,(H,27,33). The van der Waals surface area contributed by atoms with E-state index in [2.05, 4.69) is 10.2 Å². The van der Waals surface area contributed by atoms with Gasteiger partial charge in [0.2, 0.25) is 5.91 Å². The second-order valence-corrected chi connectivity index (χ2v) is 9.46. The number of carbonyl (C=O) groups excluding carboxylic acids is 3. The molecule has 1 aromatic rings. The number of nitrogens with one attached hydrogen (secondary N) is 1. The Kier molecular flexibility index (Phi) is 7.56. The van der Waals surface area contributed by atoms with E-state index in [0.29, 0.717) is 30.9 Å². The summed E-state index contributed by atoms with van der Waals surface area (Å²) in [5.74, 6) is 0.0789. The summed E-state index contributed by atoms with van der Waals surface area (Å²) in [5, 5.41) is 3.00. The zero-order valence-corrected chi connectivity index (χ0v) is 20.5. The molecule has 3 amide bonds.